The molecule has 7 nitrogen and oxygen atoms in total. The van der Waals surface area contributed by atoms with E-state index in [0.29, 0.717) is 42.5 Å². The number of nitriles is 1. The molecule has 2 aromatic carbocycles. The topological polar surface area (TPSA) is 89.2 Å². The van der Waals surface area contributed by atoms with Crippen molar-refractivity contribution in [3.63, 3.8) is 0 Å². The Morgan fingerprint density at radius 3 is 2.58 bits per heavy atom. The highest BCUT2D eigenvalue weighted by molar-refractivity contribution is 6.02. The Kier molecular flexibility index (Phi) is 8.77. The predicted octanol–water partition coefficient (Wildman–Crippen LogP) is 5.69. The first-order valence-electron chi connectivity index (χ1n) is 12.6. The standard InChI is InChI=1S/C29H32N4O3/c1-2-3-4-5-6-10-15-31-29(34)23(20-30)18-24-21-33(25-11-8-7-9-12-25)32-28(24)22-13-14-26-27(19-22)36-17-16-35-26/h7-9,11-14,18-19,21H,2-6,10,15-17H2,1H3,(H,31,34)/b23-18+. The summed E-state index contributed by atoms with van der Waals surface area (Å²) in [5.41, 5.74) is 3.05. The lowest BCUT2D eigenvalue weighted by molar-refractivity contribution is -0.117. The molecule has 1 N–H and O–H groups in total. The molecule has 0 bridgehead atoms. The summed E-state index contributed by atoms with van der Waals surface area (Å²) in [5.74, 6) is 0.975. The summed E-state index contributed by atoms with van der Waals surface area (Å²) in [6, 6.07) is 17.4. The molecule has 186 valence electrons. The quantitative estimate of drug-likeness (QED) is 0.214. The van der Waals surface area contributed by atoms with E-state index in [1.54, 1.807) is 10.8 Å². The van der Waals surface area contributed by atoms with Crippen molar-refractivity contribution >= 4 is 12.0 Å². The molecule has 7 heteroatoms. The number of rotatable bonds is 11. The summed E-state index contributed by atoms with van der Waals surface area (Å²) >= 11 is 0. The monoisotopic (exact) mass is 484 g/mol. The van der Waals surface area contributed by atoms with Gasteiger partial charge < -0.3 is 14.8 Å². The van der Waals surface area contributed by atoms with Crippen molar-refractivity contribution in [3.8, 4) is 34.5 Å². The number of carbonyl (C=O) groups is 1. The fourth-order valence-corrected chi connectivity index (χ4v) is 4.13. The van der Waals surface area contributed by atoms with Crippen molar-refractivity contribution in [2.24, 2.45) is 0 Å². The molecule has 3 aromatic rings. The molecule has 0 aliphatic carbocycles. The van der Waals surface area contributed by atoms with Gasteiger partial charge in [-0.1, -0.05) is 57.2 Å². The van der Waals surface area contributed by atoms with Crippen molar-refractivity contribution in [1.29, 1.82) is 5.26 Å². The Bertz CT molecular complexity index is 1240. The average molecular weight is 485 g/mol. The van der Waals surface area contributed by atoms with Crippen LogP contribution < -0.4 is 14.8 Å². The van der Waals surface area contributed by atoms with Crippen molar-refractivity contribution in [2.45, 2.75) is 45.4 Å². The number of nitrogens with zero attached hydrogens (tertiary/aromatic N) is 3. The molecule has 0 fully saturated rings. The van der Waals surface area contributed by atoms with Gasteiger partial charge in [-0.05, 0) is 42.8 Å². The number of hydrogen-bond donors (Lipinski definition) is 1. The van der Waals surface area contributed by atoms with Crippen LogP contribution in [0.1, 0.15) is 51.0 Å². The van der Waals surface area contributed by atoms with Crippen LogP contribution in [-0.4, -0.2) is 35.4 Å². The highest BCUT2D eigenvalue weighted by Gasteiger charge is 2.18. The van der Waals surface area contributed by atoms with Crippen LogP contribution in [0.5, 0.6) is 11.5 Å². The number of aromatic nitrogens is 2. The normalized spacial score (nSPS) is 12.7. The molecule has 0 saturated carbocycles. The minimum absolute atomic E-state index is 0.0485. The summed E-state index contributed by atoms with van der Waals surface area (Å²) in [4.78, 5) is 12.8. The summed E-state index contributed by atoms with van der Waals surface area (Å²) in [6.07, 6.45) is 10.3. The SMILES string of the molecule is CCCCCCCCNC(=O)/C(C#N)=C/c1cn(-c2ccccc2)nc1-c1ccc2c(c1)OCCO2. The van der Waals surface area contributed by atoms with E-state index in [2.05, 4.69) is 18.3 Å². The second kappa shape index (κ2) is 12.6. The lowest BCUT2D eigenvalue weighted by atomic mass is 10.0. The molecule has 1 aromatic heterocycles. The molecule has 36 heavy (non-hydrogen) atoms. The van der Waals surface area contributed by atoms with E-state index in [1.165, 1.54) is 25.7 Å². The number of ether oxygens (including phenoxy) is 2. The van der Waals surface area contributed by atoms with E-state index in [1.807, 2.05) is 54.7 Å². The van der Waals surface area contributed by atoms with Gasteiger partial charge >= 0.3 is 0 Å². The summed E-state index contributed by atoms with van der Waals surface area (Å²) in [5, 5.41) is 17.4. The molecular formula is C29H32N4O3. The first-order chi connectivity index (χ1) is 17.7. The summed E-state index contributed by atoms with van der Waals surface area (Å²) < 4.78 is 13.2. The van der Waals surface area contributed by atoms with Gasteiger partial charge in [-0.15, -0.1) is 0 Å². The molecule has 0 radical (unpaired) electrons. The van der Waals surface area contributed by atoms with E-state index >= 15 is 0 Å². The van der Waals surface area contributed by atoms with Gasteiger partial charge in [0, 0.05) is 23.9 Å². The van der Waals surface area contributed by atoms with Gasteiger partial charge in [0.05, 0.1) is 5.69 Å². The van der Waals surface area contributed by atoms with Crippen LogP contribution in [0.25, 0.3) is 23.0 Å². The minimum atomic E-state index is -0.369. The maximum absolute atomic E-state index is 12.8. The van der Waals surface area contributed by atoms with Crippen LogP contribution in [-0.2, 0) is 4.79 Å². The van der Waals surface area contributed by atoms with E-state index in [0.717, 1.165) is 24.1 Å². The smallest absolute Gasteiger partial charge is 0.261 e. The van der Waals surface area contributed by atoms with Crippen LogP contribution in [0, 0.1) is 11.3 Å². The molecule has 0 unspecified atom stereocenters. The van der Waals surface area contributed by atoms with Crippen LogP contribution >= 0.6 is 0 Å². The first kappa shape index (κ1) is 25.1. The van der Waals surface area contributed by atoms with Crippen molar-refractivity contribution < 1.29 is 14.3 Å². The number of hydrogen-bond acceptors (Lipinski definition) is 5. The number of carbonyl (C=O) groups excluding carboxylic acids is 1. The Morgan fingerprint density at radius 1 is 1.06 bits per heavy atom. The lowest BCUT2D eigenvalue weighted by Crippen LogP contribution is -2.25. The molecule has 4 rings (SSSR count). The first-order valence-corrected chi connectivity index (χ1v) is 12.6. The number of benzene rings is 2. The minimum Gasteiger partial charge on any atom is -0.486 e. The van der Waals surface area contributed by atoms with Crippen molar-refractivity contribution in [3.05, 3.63) is 65.9 Å². The molecule has 0 atom stereocenters. The fraction of sp³-hybridized carbons (Fsp3) is 0.345. The number of unbranched alkanes of at least 4 members (excludes halogenated alkanes) is 5. The van der Waals surface area contributed by atoms with Crippen LogP contribution in [0.4, 0.5) is 0 Å². The van der Waals surface area contributed by atoms with E-state index < -0.39 is 0 Å². The Balaban J connectivity index is 1.58. The number of fused-ring (bicyclic) bond motifs is 1. The van der Waals surface area contributed by atoms with Crippen LogP contribution in [0.3, 0.4) is 0 Å². The second-order valence-electron chi connectivity index (χ2n) is 8.77. The van der Waals surface area contributed by atoms with E-state index in [4.69, 9.17) is 14.6 Å². The Morgan fingerprint density at radius 2 is 1.81 bits per heavy atom. The summed E-state index contributed by atoms with van der Waals surface area (Å²) in [7, 11) is 0. The number of para-hydroxylation sites is 1. The molecule has 2 heterocycles. The molecule has 0 saturated heterocycles. The third-order valence-electron chi connectivity index (χ3n) is 6.06. The second-order valence-corrected chi connectivity index (χ2v) is 8.77. The third-order valence-corrected chi connectivity index (χ3v) is 6.06. The largest absolute Gasteiger partial charge is 0.486 e. The van der Waals surface area contributed by atoms with Gasteiger partial charge in [-0.3, -0.25) is 4.79 Å². The Labute approximate surface area is 212 Å². The van der Waals surface area contributed by atoms with Crippen LogP contribution in [0.15, 0.2) is 60.3 Å². The average Bonchev–Trinajstić information content (AvgIpc) is 3.35. The number of amides is 1. The molecule has 1 aliphatic heterocycles. The molecule has 0 spiro atoms. The van der Waals surface area contributed by atoms with Gasteiger partial charge in [0.15, 0.2) is 11.5 Å². The van der Waals surface area contributed by atoms with Crippen molar-refractivity contribution in [1.82, 2.24) is 15.1 Å². The number of nitrogens with one attached hydrogen (secondary N) is 1. The zero-order valence-electron chi connectivity index (χ0n) is 20.7. The maximum atomic E-state index is 12.8. The van der Waals surface area contributed by atoms with E-state index in [-0.39, 0.29) is 11.5 Å². The highest BCUT2D eigenvalue weighted by Crippen LogP contribution is 2.35. The van der Waals surface area contributed by atoms with Gasteiger partial charge in [0.25, 0.3) is 5.91 Å². The van der Waals surface area contributed by atoms with E-state index in [9.17, 15) is 10.1 Å². The highest BCUT2D eigenvalue weighted by atomic mass is 16.6. The van der Waals surface area contributed by atoms with Gasteiger partial charge in [0.2, 0.25) is 0 Å². The maximum Gasteiger partial charge on any atom is 0.261 e. The molecule has 1 aliphatic rings. The molecular weight excluding hydrogens is 452 g/mol. The third kappa shape index (κ3) is 6.33. The van der Waals surface area contributed by atoms with Gasteiger partial charge in [-0.25, -0.2) is 4.68 Å². The van der Waals surface area contributed by atoms with Gasteiger partial charge in [0.1, 0.15) is 30.6 Å². The zero-order valence-corrected chi connectivity index (χ0v) is 20.7. The fourth-order valence-electron chi connectivity index (χ4n) is 4.13. The summed E-state index contributed by atoms with van der Waals surface area (Å²) in [6.45, 7) is 3.75. The van der Waals surface area contributed by atoms with Crippen molar-refractivity contribution in [2.75, 3.05) is 19.8 Å². The van der Waals surface area contributed by atoms with Crippen LogP contribution in [0.2, 0.25) is 0 Å². The predicted molar refractivity (Wildman–Crippen MR) is 140 cm³/mol. The van der Waals surface area contributed by atoms with Gasteiger partial charge in [-0.2, -0.15) is 10.4 Å². The lowest BCUT2D eigenvalue weighted by Gasteiger charge is -2.18. The Hall–Kier alpha value is -4.05. The zero-order chi connectivity index (χ0) is 25.2. The molecule has 1 amide bonds.